The largest absolute Gasteiger partial charge is 0.497 e. The molecular formula is C19H21F2N3O. The van der Waals surface area contributed by atoms with Gasteiger partial charge in [-0.3, -0.25) is 0 Å². The number of aryl methyl sites for hydroxylation is 2. The number of pyridine rings is 1. The van der Waals surface area contributed by atoms with Crippen molar-refractivity contribution < 1.29 is 13.5 Å². The van der Waals surface area contributed by atoms with Gasteiger partial charge in [-0.05, 0) is 43.7 Å². The van der Waals surface area contributed by atoms with Crippen LogP contribution in [0.3, 0.4) is 0 Å². The first-order valence-corrected chi connectivity index (χ1v) is 8.35. The summed E-state index contributed by atoms with van der Waals surface area (Å²) in [6.07, 6.45) is -0.653. The smallest absolute Gasteiger partial charge is 0.264 e. The predicted octanol–water partition coefficient (Wildman–Crippen LogP) is 5.15. The van der Waals surface area contributed by atoms with E-state index in [4.69, 9.17) is 4.74 Å². The average Bonchev–Trinajstić information content (AvgIpc) is 2.95. The molecule has 0 spiro atoms. The highest BCUT2D eigenvalue weighted by Gasteiger charge is 2.20. The van der Waals surface area contributed by atoms with E-state index < -0.39 is 6.43 Å². The van der Waals surface area contributed by atoms with Crippen LogP contribution in [-0.2, 0) is 6.54 Å². The monoisotopic (exact) mass is 345 g/mol. The van der Waals surface area contributed by atoms with Gasteiger partial charge in [0.2, 0.25) is 0 Å². The van der Waals surface area contributed by atoms with E-state index in [0.717, 1.165) is 18.4 Å². The second kappa shape index (κ2) is 7.17. The van der Waals surface area contributed by atoms with E-state index >= 15 is 0 Å². The summed E-state index contributed by atoms with van der Waals surface area (Å²) >= 11 is 0. The Morgan fingerprint density at radius 2 is 1.92 bits per heavy atom. The Balaban J connectivity index is 2.18. The number of hydrogen-bond acceptors (Lipinski definition) is 3. The first kappa shape index (κ1) is 17.3. The van der Waals surface area contributed by atoms with Gasteiger partial charge >= 0.3 is 0 Å². The fourth-order valence-electron chi connectivity index (χ4n) is 2.93. The molecule has 4 nitrogen and oxygen atoms in total. The van der Waals surface area contributed by atoms with Gasteiger partial charge in [-0.25, -0.2) is 18.4 Å². The molecule has 0 N–H and O–H groups in total. The van der Waals surface area contributed by atoms with Gasteiger partial charge in [-0.2, -0.15) is 5.10 Å². The van der Waals surface area contributed by atoms with Gasteiger partial charge in [-0.15, -0.1) is 0 Å². The Bertz CT molecular complexity index is 873. The van der Waals surface area contributed by atoms with Gasteiger partial charge in [0.1, 0.15) is 5.75 Å². The van der Waals surface area contributed by atoms with Crippen molar-refractivity contribution >= 4 is 11.0 Å². The highest BCUT2D eigenvalue weighted by Crippen LogP contribution is 2.33. The summed E-state index contributed by atoms with van der Waals surface area (Å²) in [6, 6.07) is 8.70. The minimum Gasteiger partial charge on any atom is -0.497 e. The summed E-state index contributed by atoms with van der Waals surface area (Å²) in [5.74, 6) is 0.711. The predicted molar refractivity (Wildman–Crippen MR) is 94.1 cm³/mol. The van der Waals surface area contributed by atoms with Crippen molar-refractivity contribution in [3.8, 4) is 17.0 Å². The van der Waals surface area contributed by atoms with Crippen molar-refractivity contribution in [2.24, 2.45) is 0 Å². The number of hydrogen-bond donors (Lipinski definition) is 0. The SMILES string of the molecule is CCCCn1nc(C)c2c(C(F)F)cc(-c3ccc(OC)cc3)nc21. The fourth-order valence-corrected chi connectivity index (χ4v) is 2.93. The number of unbranched alkanes of at least 4 members (excludes halogenated alkanes) is 1. The molecule has 0 aliphatic heterocycles. The van der Waals surface area contributed by atoms with E-state index in [0.29, 0.717) is 34.7 Å². The molecule has 0 saturated carbocycles. The van der Waals surface area contributed by atoms with Crippen LogP contribution in [0.2, 0.25) is 0 Å². The van der Waals surface area contributed by atoms with Crippen LogP contribution in [0.4, 0.5) is 8.78 Å². The molecule has 0 aliphatic carbocycles. The first-order valence-electron chi connectivity index (χ1n) is 8.35. The molecule has 25 heavy (non-hydrogen) atoms. The van der Waals surface area contributed by atoms with Gasteiger partial charge < -0.3 is 4.74 Å². The molecule has 0 saturated heterocycles. The van der Waals surface area contributed by atoms with Gasteiger partial charge in [0.15, 0.2) is 5.65 Å². The van der Waals surface area contributed by atoms with Crippen molar-refractivity contribution in [3.05, 3.63) is 41.6 Å². The minimum atomic E-state index is -2.58. The van der Waals surface area contributed by atoms with Crippen LogP contribution >= 0.6 is 0 Å². The van der Waals surface area contributed by atoms with Crippen LogP contribution in [0.25, 0.3) is 22.3 Å². The lowest BCUT2D eigenvalue weighted by atomic mass is 10.1. The van der Waals surface area contributed by atoms with Crippen LogP contribution in [0.5, 0.6) is 5.75 Å². The molecule has 132 valence electrons. The molecule has 0 atom stereocenters. The molecule has 1 aromatic carbocycles. The third kappa shape index (κ3) is 3.34. The summed E-state index contributed by atoms with van der Waals surface area (Å²) in [6.45, 7) is 4.51. The molecule has 2 heterocycles. The topological polar surface area (TPSA) is 39.9 Å². The molecule has 0 fully saturated rings. The highest BCUT2D eigenvalue weighted by molar-refractivity contribution is 5.85. The third-order valence-corrected chi connectivity index (χ3v) is 4.25. The van der Waals surface area contributed by atoms with Crippen molar-refractivity contribution in [1.29, 1.82) is 0 Å². The van der Waals surface area contributed by atoms with Gasteiger partial charge in [0.25, 0.3) is 6.43 Å². The number of alkyl halides is 2. The summed E-state index contributed by atoms with van der Waals surface area (Å²) in [5.41, 5.74) is 2.38. The van der Waals surface area contributed by atoms with Gasteiger partial charge in [0, 0.05) is 17.7 Å². The molecule has 3 aromatic rings. The lowest BCUT2D eigenvalue weighted by Crippen LogP contribution is -2.02. The molecule has 0 radical (unpaired) electrons. The number of aromatic nitrogens is 3. The summed E-state index contributed by atoms with van der Waals surface area (Å²) in [7, 11) is 1.59. The van der Waals surface area contributed by atoms with Crippen LogP contribution in [0.1, 0.15) is 37.4 Å². The molecule has 0 amide bonds. The fraction of sp³-hybridized carbons (Fsp3) is 0.368. The Morgan fingerprint density at radius 3 is 2.52 bits per heavy atom. The molecule has 3 rings (SSSR count). The maximum atomic E-state index is 13.7. The number of halogens is 2. The Hall–Kier alpha value is -2.50. The number of methoxy groups -OCH3 is 1. The lowest BCUT2D eigenvalue weighted by Gasteiger charge is -2.09. The second-order valence-corrected chi connectivity index (χ2v) is 5.99. The maximum Gasteiger partial charge on any atom is 0.264 e. The van der Waals surface area contributed by atoms with E-state index in [-0.39, 0.29) is 5.56 Å². The number of benzene rings is 1. The molecule has 2 aromatic heterocycles. The van der Waals surface area contributed by atoms with E-state index in [2.05, 4.69) is 17.0 Å². The Morgan fingerprint density at radius 1 is 1.20 bits per heavy atom. The number of rotatable bonds is 6. The van der Waals surface area contributed by atoms with Gasteiger partial charge in [-0.1, -0.05) is 13.3 Å². The number of ether oxygens (including phenoxy) is 1. The average molecular weight is 345 g/mol. The molecule has 6 heteroatoms. The van der Waals surface area contributed by atoms with Crippen molar-refractivity contribution in [2.45, 2.75) is 39.7 Å². The van der Waals surface area contributed by atoms with Crippen LogP contribution in [0, 0.1) is 6.92 Å². The molecule has 0 aliphatic rings. The number of nitrogens with zero attached hydrogens (tertiary/aromatic N) is 3. The summed E-state index contributed by atoms with van der Waals surface area (Å²) in [4.78, 5) is 4.64. The standard InChI is InChI=1S/C19H21F2N3O/c1-4-5-10-24-19-17(12(2)23-24)15(18(20)21)11-16(22-19)13-6-8-14(25-3)9-7-13/h6-9,11,18H,4-5,10H2,1-3H3. The highest BCUT2D eigenvalue weighted by atomic mass is 19.3. The Kier molecular flexibility index (Phi) is 4.97. The van der Waals surface area contributed by atoms with Crippen molar-refractivity contribution in [3.63, 3.8) is 0 Å². The van der Waals surface area contributed by atoms with E-state index in [9.17, 15) is 8.78 Å². The van der Waals surface area contributed by atoms with E-state index in [1.54, 1.807) is 30.8 Å². The zero-order chi connectivity index (χ0) is 18.0. The summed E-state index contributed by atoms with van der Waals surface area (Å²) < 4.78 is 34.2. The van der Waals surface area contributed by atoms with Crippen LogP contribution < -0.4 is 4.74 Å². The molecule has 0 bridgehead atoms. The molecular weight excluding hydrogens is 324 g/mol. The minimum absolute atomic E-state index is 0.0175. The maximum absolute atomic E-state index is 13.7. The number of fused-ring (bicyclic) bond motifs is 1. The summed E-state index contributed by atoms with van der Waals surface area (Å²) in [5, 5.41) is 4.89. The zero-order valence-electron chi connectivity index (χ0n) is 14.6. The van der Waals surface area contributed by atoms with Crippen LogP contribution in [-0.4, -0.2) is 21.9 Å². The van der Waals surface area contributed by atoms with Crippen molar-refractivity contribution in [2.75, 3.05) is 7.11 Å². The third-order valence-electron chi connectivity index (χ3n) is 4.25. The first-order chi connectivity index (χ1) is 12.0. The van der Waals surface area contributed by atoms with Gasteiger partial charge in [0.05, 0.1) is 23.9 Å². The quantitative estimate of drug-likeness (QED) is 0.620. The normalized spacial score (nSPS) is 11.4. The van der Waals surface area contributed by atoms with Crippen molar-refractivity contribution in [1.82, 2.24) is 14.8 Å². The van der Waals surface area contributed by atoms with E-state index in [1.807, 2.05) is 12.1 Å². The Labute approximate surface area is 145 Å². The lowest BCUT2D eigenvalue weighted by molar-refractivity contribution is 0.153. The van der Waals surface area contributed by atoms with Crippen LogP contribution in [0.15, 0.2) is 30.3 Å². The van der Waals surface area contributed by atoms with E-state index in [1.165, 1.54) is 6.07 Å². The second-order valence-electron chi connectivity index (χ2n) is 5.99. The zero-order valence-corrected chi connectivity index (χ0v) is 14.6. The molecule has 0 unspecified atom stereocenters.